The summed E-state index contributed by atoms with van der Waals surface area (Å²) in [6, 6.07) is 12.8. The summed E-state index contributed by atoms with van der Waals surface area (Å²) in [5.41, 5.74) is 5.23. The van der Waals surface area contributed by atoms with Crippen LogP contribution in [0.2, 0.25) is 0 Å². The molecule has 1 N–H and O–H groups in total. The molecule has 0 bridgehead atoms. The van der Waals surface area contributed by atoms with Crippen molar-refractivity contribution in [1.29, 1.82) is 0 Å². The van der Waals surface area contributed by atoms with E-state index in [1.807, 2.05) is 0 Å². The smallest absolute Gasteiger partial charge is 0.231 e. The first-order valence-corrected chi connectivity index (χ1v) is 6.63. The van der Waals surface area contributed by atoms with Crippen LogP contribution in [0.3, 0.4) is 0 Å². The van der Waals surface area contributed by atoms with Crippen LogP contribution in [0.5, 0.6) is 11.5 Å². The van der Waals surface area contributed by atoms with Crippen LogP contribution < -0.4 is 14.8 Å². The molecule has 0 fully saturated rings. The molecule has 2 heterocycles. The molecule has 0 saturated heterocycles. The van der Waals surface area contributed by atoms with Gasteiger partial charge in [-0.2, -0.15) is 0 Å². The Morgan fingerprint density at radius 2 is 1.74 bits per heavy atom. The standard InChI is InChI=1S/C16H15NO2/c1-2-4-13-12(3-1)9-17-6-5-11-7-15-16(8-14(11)13)19-10-18-15/h1-4,7-8,17H,5-6,9-10H2. The number of hydrogen-bond acceptors (Lipinski definition) is 3. The Morgan fingerprint density at radius 1 is 0.895 bits per heavy atom. The minimum atomic E-state index is 0.331. The summed E-state index contributed by atoms with van der Waals surface area (Å²) in [7, 11) is 0. The molecule has 0 amide bonds. The van der Waals surface area contributed by atoms with Gasteiger partial charge in [0.2, 0.25) is 6.79 Å². The van der Waals surface area contributed by atoms with Crippen molar-refractivity contribution in [3.05, 3.63) is 47.5 Å². The van der Waals surface area contributed by atoms with E-state index in [0.29, 0.717) is 6.79 Å². The van der Waals surface area contributed by atoms with Crippen molar-refractivity contribution in [2.45, 2.75) is 13.0 Å². The van der Waals surface area contributed by atoms with Crippen LogP contribution in [-0.4, -0.2) is 13.3 Å². The predicted molar refractivity (Wildman–Crippen MR) is 73.4 cm³/mol. The second-order valence-electron chi connectivity index (χ2n) is 4.95. The minimum Gasteiger partial charge on any atom is -0.454 e. The summed E-state index contributed by atoms with van der Waals surface area (Å²) in [5, 5.41) is 3.48. The highest BCUT2D eigenvalue weighted by Crippen LogP contribution is 2.40. The van der Waals surface area contributed by atoms with Crippen molar-refractivity contribution in [2.24, 2.45) is 0 Å². The minimum absolute atomic E-state index is 0.331. The van der Waals surface area contributed by atoms with Crippen LogP contribution in [0, 0.1) is 0 Å². The third-order valence-corrected chi connectivity index (χ3v) is 3.79. The van der Waals surface area contributed by atoms with Crippen LogP contribution >= 0.6 is 0 Å². The molecule has 0 spiro atoms. The number of ether oxygens (including phenoxy) is 2. The lowest BCUT2D eigenvalue weighted by Crippen LogP contribution is -2.19. The average molecular weight is 253 g/mol. The van der Waals surface area contributed by atoms with Gasteiger partial charge in [0.05, 0.1) is 0 Å². The van der Waals surface area contributed by atoms with Crippen molar-refractivity contribution in [3.8, 4) is 22.6 Å². The van der Waals surface area contributed by atoms with E-state index >= 15 is 0 Å². The van der Waals surface area contributed by atoms with E-state index in [0.717, 1.165) is 31.0 Å². The first-order chi connectivity index (χ1) is 9.42. The van der Waals surface area contributed by atoms with Gasteiger partial charge in [-0.1, -0.05) is 24.3 Å². The SMILES string of the molecule is c1ccc2c(c1)CNCCc1cc3c(cc1-2)OCO3. The summed E-state index contributed by atoms with van der Waals surface area (Å²) in [6.07, 6.45) is 1.01. The average Bonchev–Trinajstić information content (AvgIpc) is 2.88. The van der Waals surface area contributed by atoms with Gasteiger partial charge in [0.15, 0.2) is 11.5 Å². The number of benzene rings is 2. The van der Waals surface area contributed by atoms with Crippen molar-refractivity contribution in [1.82, 2.24) is 5.32 Å². The van der Waals surface area contributed by atoms with Gasteiger partial charge in [0.25, 0.3) is 0 Å². The zero-order chi connectivity index (χ0) is 12.7. The van der Waals surface area contributed by atoms with Crippen molar-refractivity contribution >= 4 is 0 Å². The van der Waals surface area contributed by atoms with Crippen LogP contribution in [0.15, 0.2) is 36.4 Å². The van der Waals surface area contributed by atoms with Gasteiger partial charge in [0, 0.05) is 6.54 Å². The monoisotopic (exact) mass is 253 g/mol. The fourth-order valence-electron chi connectivity index (χ4n) is 2.82. The normalized spacial score (nSPS) is 16.2. The van der Waals surface area contributed by atoms with E-state index < -0.39 is 0 Å². The Kier molecular flexibility index (Phi) is 2.45. The van der Waals surface area contributed by atoms with Crippen LogP contribution in [-0.2, 0) is 13.0 Å². The van der Waals surface area contributed by atoms with Crippen LogP contribution in [0.1, 0.15) is 11.1 Å². The van der Waals surface area contributed by atoms with Gasteiger partial charge in [0.1, 0.15) is 0 Å². The van der Waals surface area contributed by atoms with Gasteiger partial charge in [-0.15, -0.1) is 0 Å². The number of fused-ring (bicyclic) bond motifs is 4. The zero-order valence-corrected chi connectivity index (χ0v) is 10.6. The molecule has 3 nitrogen and oxygen atoms in total. The van der Waals surface area contributed by atoms with Crippen LogP contribution in [0.4, 0.5) is 0 Å². The molecule has 2 aliphatic rings. The Balaban J connectivity index is 1.95. The fourth-order valence-corrected chi connectivity index (χ4v) is 2.82. The predicted octanol–water partition coefficient (Wildman–Crippen LogP) is 2.73. The van der Waals surface area contributed by atoms with Gasteiger partial charge >= 0.3 is 0 Å². The van der Waals surface area contributed by atoms with Crippen LogP contribution in [0.25, 0.3) is 11.1 Å². The van der Waals surface area contributed by atoms with Crippen molar-refractivity contribution in [3.63, 3.8) is 0 Å². The number of hydrogen-bond donors (Lipinski definition) is 1. The second-order valence-corrected chi connectivity index (χ2v) is 4.95. The highest BCUT2D eigenvalue weighted by atomic mass is 16.7. The highest BCUT2D eigenvalue weighted by Gasteiger charge is 2.20. The van der Waals surface area contributed by atoms with E-state index in [1.165, 1.54) is 22.3 Å². The molecule has 2 aromatic carbocycles. The first-order valence-electron chi connectivity index (χ1n) is 6.63. The molecule has 0 aromatic heterocycles. The van der Waals surface area contributed by atoms with Gasteiger partial charge in [-0.25, -0.2) is 0 Å². The Morgan fingerprint density at radius 3 is 2.68 bits per heavy atom. The molecule has 19 heavy (non-hydrogen) atoms. The lowest BCUT2D eigenvalue weighted by atomic mass is 9.92. The van der Waals surface area contributed by atoms with Gasteiger partial charge < -0.3 is 14.8 Å². The summed E-state index contributed by atoms with van der Waals surface area (Å²) >= 11 is 0. The van der Waals surface area contributed by atoms with E-state index in [4.69, 9.17) is 9.47 Å². The third kappa shape index (κ3) is 1.78. The molecule has 3 heteroatoms. The molecule has 0 unspecified atom stereocenters. The molecule has 4 rings (SSSR count). The van der Waals surface area contributed by atoms with E-state index in [1.54, 1.807) is 0 Å². The molecular formula is C16H15NO2. The maximum atomic E-state index is 5.51. The zero-order valence-electron chi connectivity index (χ0n) is 10.6. The van der Waals surface area contributed by atoms with E-state index in [2.05, 4.69) is 41.7 Å². The van der Waals surface area contributed by atoms with Gasteiger partial charge in [-0.3, -0.25) is 0 Å². The number of nitrogens with one attached hydrogen (secondary N) is 1. The lowest BCUT2D eigenvalue weighted by molar-refractivity contribution is 0.174. The molecule has 0 saturated carbocycles. The largest absolute Gasteiger partial charge is 0.454 e. The first kappa shape index (κ1) is 10.9. The Hall–Kier alpha value is -2.00. The Labute approximate surface area is 112 Å². The maximum absolute atomic E-state index is 5.51. The molecular weight excluding hydrogens is 238 g/mol. The molecule has 0 aliphatic carbocycles. The summed E-state index contributed by atoms with van der Waals surface area (Å²) < 4.78 is 11.0. The third-order valence-electron chi connectivity index (χ3n) is 3.79. The number of rotatable bonds is 0. The molecule has 0 radical (unpaired) electrons. The maximum Gasteiger partial charge on any atom is 0.231 e. The fraction of sp³-hybridized carbons (Fsp3) is 0.250. The summed E-state index contributed by atoms with van der Waals surface area (Å²) in [6.45, 7) is 2.24. The van der Waals surface area contributed by atoms with Crippen molar-refractivity contribution < 1.29 is 9.47 Å². The molecule has 0 atom stereocenters. The van der Waals surface area contributed by atoms with E-state index in [9.17, 15) is 0 Å². The molecule has 2 aliphatic heterocycles. The van der Waals surface area contributed by atoms with Crippen molar-refractivity contribution in [2.75, 3.05) is 13.3 Å². The highest BCUT2D eigenvalue weighted by molar-refractivity contribution is 5.74. The molecule has 2 aromatic rings. The quantitative estimate of drug-likeness (QED) is 0.783. The lowest BCUT2D eigenvalue weighted by Gasteiger charge is -2.18. The summed E-state index contributed by atoms with van der Waals surface area (Å²) in [4.78, 5) is 0. The topological polar surface area (TPSA) is 30.5 Å². The summed E-state index contributed by atoms with van der Waals surface area (Å²) in [5.74, 6) is 1.74. The Bertz CT molecular complexity index is 637. The van der Waals surface area contributed by atoms with E-state index in [-0.39, 0.29) is 0 Å². The second kappa shape index (κ2) is 4.28. The van der Waals surface area contributed by atoms with Gasteiger partial charge in [-0.05, 0) is 47.4 Å². The molecule has 96 valence electrons.